The largest absolute Gasteiger partial charge is 0.468 e. The molecule has 7 heteroatoms. The Morgan fingerprint density at radius 1 is 1.42 bits per heavy atom. The normalized spacial score (nSPS) is 17.1. The lowest BCUT2D eigenvalue weighted by Crippen LogP contribution is -2.35. The molecule has 1 amide bonds. The molecule has 0 spiro atoms. The quantitative estimate of drug-likeness (QED) is 0.800. The molecule has 0 radical (unpaired) electrons. The number of esters is 1. The number of fused-ring (bicyclic) bond motifs is 1. The molecule has 24 heavy (non-hydrogen) atoms. The van der Waals surface area contributed by atoms with Crippen LogP contribution < -0.4 is 5.32 Å². The van der Waals surface area contributed by atoms with E-state index >= 15 is 0 Å². The number of nitrogens with one attached hydrogen (secondary N) is 1. The molecule has 1 aromatic carbocycles. The Bertz CT molecular complexity index is 735. The van der Waals surface area contributed by atoms with E-state index in [9.17, 15) is 9.59 Å². The van der Waals surface area contributed by atoms with E-state index in [0.717, 1.165) is 29.7 Å². The lowest BCUT2D eigenvalue weighted by molar-refractivity contribution is -0.141. The maximum atomic E-state index is 12.0. The van der Waals surface area contributed by atoms with E-state index in [2.05, 4.69) is 10.3 Å². The van der Waals surface area contributed by atoms with Gasteiger partial charge in [-0.15, -0.1) is 0 Å². The molecule has 1 aromatic heterocycles. The first-order valence-electron chi connectivity index (χ1n) is 8.09. The summed E-state index contributed by atoms with van der Waals surface area (Å²) in [5.41, 5.74) is 1.70. The number of rotatable bonds is 6. The van der Waals surface area contributed by atoms with Crippen LogP contribution in [-0.2, 0) is 32.0 Å². The maximum Gasteiger partial charge on any atom is 0.325 e. The fourth-order valence-electron chi connectivity index (χ4n) is 2.88. The number of para-hydroxylation sites is 2. The van der Waals surface area contributed by atoms with Gasteiger partial charge in [-0.2, -0.15) is 0 Å². The summed E-state index contributed by atoms with van der Waals surface area (Å²) in [5, 5.41) is 2.88. The van der Waals surface area contributed by atoms with E-state index in [0.29, 0.717) is 19.6 Å². The number of hydrogen-bond acceptors (Lipinski definition) is 5. The van der Waals surface area contributed by atoms with Crippen LogP contribution in [0.3, 0.4) is 0 Å². The van der Waals surface area contributed by atoms with Crippen molar-refractivity contribution >= 4 is 22.9 Å². The minimum absolute atomic E-state index is 0.0804. The average molecular weight is 331 g/mol. The van der Waals surface area contributed by atoms with Crippen molar-refractivity contribution in [2.45, 2.75) is 31.9 Å². The third kappa shape index (κ3) is 3.56. The van der Waals surface area contributed by atoms with Gasteiger partial charge < -0.3 is 19.4 Å². The first-order chi connectivity index (χ1) is 11.7. The van der Waals surface area contributed by atoms with Crippen LogP contribution in [0.25, 0.3) is 11.0 Å². The predicted octanol–water partition coefficient (Wildman–Crippen LogP) is 1.05. The Morgan fingerprint density at radius 3 is 3.00 bits per heavy atom. The van der Waals surface area contributed by atoms with Crippen molar-refractivity contribution in [3.05, 3.63) is 30.1 Å². The number of carbonyl (C=O) groups excluding carboxylic acids is 2. The summed E-state index contributed by atoms with van der Waals surface area (Å²) in [7, 11) is 1.36. The number of methoxy groups -OCH3 is 1. The fourth-order valence-corrected chi connectivity index (χ4v) is 2.88. The van der Waals surface area contributed by atoms with Crippen molar-refractivity contribution < 1.29 is 19.1 Å². The number of ether oxygens (including phenoxy) is 2. The van der Waals surface area contributed by atoms with Crippen molar-refractivity contribution in [3.63, 3.8) is 0 Å². The highest BCUT2D eigenvalue weighted by atomic mass is 16.5. The van der Waals surface area contributed by atoms with Gasteiger partial charge in [-0.05, 0) is 25.0 Å². The zero-order valence-electron chi connectivity index (χ0n) is 13.7. The second-order valence-corrected chi connectivity index (χ2v) is 5.72. The summed E-state index contributed by atoms with van der Waals surface area (Å²) < 4.78 is 12.0. The van der Waals surface area contributed by atoms with Gasteiger partial charge in [0.1, 0.15) is 18.5 Å². The molecule has 0 aliphatic carbocycles. The molecule has 0 saturated carbocycles. The molecule has 1 atom stereocenters. The molecule has 7 nitrogen and oxygen atoms in total. The SMILES string of the molecule is COC(=O)Cn1c(CCNC(=O)C2CCCO2)nc2ccccc21. The molecule has 1 aliphatic rings. The zero-order valence-corrected chi connectivity index (χ0v) is 13.7. The second-order valence-electron chi connectivity index (χ2n) is 5.72. The van der Waals surface area contributed by atoms with E-state index in [1.807, 2.05) is 28.8 Å². The third-order valence-corrected chi connectivity index (χ3v) is 4.12. The average Bonchev–Trinajstić information content (AvgIpc) is 3.24. The fraction of sp³-hybridized carbons (Fsp3) is 0.471. The van der Waals surface area contributed by atoms with Gasteiger partial charge in [0.2, 0.25) is 5.91 Å². The van der Waals surface area contributed by atoms with Crippen molar-refractivity contribution in [1.29, 1.82) is 0 Å². The molecule has 1 fully saturated rings. The smallest absolute Gasteiger partial charge is 0.325 e. The molecule has 2 aromatic rings. The highest BCUT2D eigenvalue weighted by Crippen LogP contribution is 2.17. The van der Waals surface area contributed by atoms with Gasteiger partial charge >= 0.3 is 5.97 Å². The van der Waals surface area contributed by atoms with Gasteiger partial charge in [0.25, 0.3) is 0 Å². The maximum absolute atomic E-state index is 12.0. The Morgan fingerprint density at radius 2 is 2.25 bits per heavy atom. The molecule has 1 aliphatic heterocycles. The van der Waals surface area contributed by atoms with E-state index in [1.54, 1.807) is 0 Å². The molecule has 1 N–H and O–H groups in total. The summed E-state index contributed by atoms with van der Waals surface area (Å²) in [6.07, 6.45) is 1.89. The lowest BCUT2D eigenvalue weighted by Gasteiger charge is -2.11. The first kappa shape index (κ1) is 16.4. The van der Waals surface area contributed by atoms with Crippen LogP contribution in [0.15, 0.2) is 24.3 Å². The summed E-state index contributed by atoms with van der Waals surface area (Å²) in [5.74, 6) is 0.333. The number of hydrogen-bond donors (Lipinski definition) is 1. The van der Waals surface area contributed by atoms with Gasteiger partial charge in [0, 0.05) is 19.6 Å². The van der Waals surface area contributed by atoms with Crippen LogP contribution in [0.2, 0.25) is 0 Å². The van der Waals surface area contributed by atoms with Gasteiger partial charge in [0.05, 0.1) is 18.1 Å². The van der Waals surface area contributed by atoms with E-state index in [4.69, 9.17) is 9.47 Å². The van der Waals surface area contributed by atoms with Crippen molar-refractivity contribution in [2.75, 3.05) is 20.3 Å². The Kier molecular flexibility index (Phi) is 5.10. The molecule has 1 saturated heterocycles. The number of carbonyl (C=O) groups is 2. The number of aromatic nitrogens is 2. The van der Waals surface area contributed by atoms with Gasteiger partial charge in [-0.25, -0.2) is 4.98 Å². The molecular weight excluding hydrogens is 310 g/mol. The number of benzene rings is 1. The molecule has 2 heterocycles. The third-order valence-electron chi connectivity index (χ3n) is 4.12. The standard InChI is InChI=1S/C17H21N3O4/c1-23-16(21)11-20-13-6-3-2-5-12(13)19-15(20)8-9-18-17(22)14-7-4-10-24-14/h2-3,5-6,14H,4,7-11H2,1H3,(H,18,22). The highest BCUT2D eigenvalue weighted by Gasteiger charge is 2.23. The minimum Gasteiger partial charge on any atom is -0.468 e. The summed E-state index contributed by atoms with van der Waals surface area (Å²) in [6.45, 7) is 1.20. The topological polar surface area (TPSA) is 82.5 Å². The zero-order chi connectivity index (χ0) is 16.9. The van der Waals surface area contributed by atoms with Gasteiger partial charge in [-0.3, -0.25) is 9.59 Å². The van der Waals surface area contributed by atoms with Crippen molar-refractivity contribution in [1.82, 2.24) is 14.9 Å². The van der Waals surface area contributed by atoms with Gasteiger partial charge in [-0.1, -0.05) is 12.1 Å². The Hall–Kier alpha value is -2.41. The number of imidazole rings is 1. The molecular formula is C17H21N3O4. The molecule has 0 bridgehead atoms. The van der Waals surface area contributed by atoms with E-state index in [1.165, 1.54) is 7.11 Å². The van der Waals surface area contributed by atoms with Crippen LogP contribution in [0, 0.1) is 0 Å². The summed E-state index contributed by atoms with van der Waals surface area (Å²) >= 11 is 0. The van der Waals surface area contributed by atoms with Crippen LogP contribution in [0.1, 0.15) is 18.7 Å². The van der Waals surface area contributed by atoms with Gasteiger partial charge in [0.15, 0.2) is 0 Å². The monoisotopic (exact) mass is 331 g/mol. The molecule has 3 rings (SSSR count). The highest BCUT2D eigenvalue weighted by molar-refractivity contribution is 5.81. The van der Waals surface area contributed by atoms with Crippen molar-refractivity contribution in [2.24, 2.45) is 0 Å². The summed E-state index contributed by atoms with van der Waals surface area (Å²) in [4.78, 5) is 28.2. The second kappa shape index (κ2) is 7.44. The van der Waals surface area contributed by atoms with Crippen LogP contribution in [0.4, 0.5) is 0 Å². The van der Waals surface area contributed by atoms with E-state index < -0.39 is 0 Å². The first-order valence-corrected chi connectivity index (χ1v) is 8.09. The van der Waals surface area contributed by atoms with Crippen LogP contribution in [0.5, 0.6) is 0 Å². The van der Waals surface area contributed by atoms with Crippen molar-refractivity contribution in [3.8, 4) is 0 Å². The van der Waals surface area contributed by atoms with Crippen LogP contribution >= 0.6 is 0 Å². The Labute approximate surface area is 139 Å². The minimum atomic E-state index is -0.334. The van der Waals surface area contributed by atoms with E-state index in [-0.39, 0.29) is 24.5 Å². The lowest BCUT2D eigenvalue weighted by atomic mass is 10.2. The molecule has 1 unspecified atom stereocenters. The number of amides is 1. The Balaban J connectivity index is 1.69. The van der Waals surface area contributed by atoms with Crippen LogP contribution in [-0.4, -0.2) is 47.8 Å². The molecule has 128 valence electrons. The summed E-state index contributed by atoms with van der Waals surface area (Å²) in [6, 6.07) is 7.62. The predicted molar refractivity (Wildman–Crippen MR) is 87.4 cm³/mol. The number of nitrogens with zero attached hydrogens (tertiary/aromatic N) is 2.